The number of hydrogen-bond acceptors (Lipinski definition) is 2. The van der Waals surface area contributed by atoms with Crippen molar-refractivity contribution in [1.29, 1.82) is 5.26 Å². The van der Waals surface area contributed by atoms with Gasteiger partial charge in [0.2, 0.25) is 5.91 Å². The summed E-state index contributed by atoms with van der Waals surface area (Å²) in [5, 5.41) is 11.0. The van der Waals surface area contributed by atoms with E-state index in [0.29, 0.717) is 6.42 Å². The highest BCUT2D eigenvalue weighted by Gasteiger charge is 2.17. The lowest BCUT2D eigenvalue weighted by Gasteiger charge is -2.16. The fourth-order valence-electron chi connectivity index (χ4n) is 0.465. The lowest BCUT2D eigenvalue weighted by Crippen LogP contribution is -2.41. The second-order valence-electron chi connectivity index (χ2n) is 2.64. The summed E-state index contributed by atoms with van der Waals surface area (Å²) >= 11 is 0. The molecule has 0 spiro atoms. The quantitative estimate of drug-likeness (QED) is 0.626. The summed E-state index contributed by atoms with van der Waals surface area (Å²) < 4.78 is 0. The standard InChI is InChI=1S/C7H12N2O.H2/c1-4-6(10)9-7(2,3)5-8;/h4H2,1-3H3,(H,9,10);1H. The maximum atomic E-state index is 10.7. The third-order valence-electron chi connectivity index (χ3n) is 1.05. The van der Waals surface area contributed by atoms with Gasteiger partial charge in [-0.2, -0.15) is 5.26 Å². The minimum Gasteiger partial charge on any atom is -0.338 e. The lowest BCUT2D eigenvalue weighted by atomic mass is 10.1. The van der Waals surface area contributed by atoms with Gasteiger partial charge in [0.15, 0.2) is 0 Å². The molecule has 0 aliphatic carbocycles. The van der Waals surface area contributed by atoms with Gasteiger partial charge in [0.1, 0.15) is 5.54 Å². The van der Waals surface area contributed by atoms with Gasteiger partial charge in [0.25, 0.3) is 0 Å². The normalized spacial score (nSPS) is 10.2. The first-order valence-corrected chi connectivity index (χ1v) is 3.24. The van der Waals surface area contributed by atoms with Crippen molar-refractivity contribution in [3.8, 4) is 6.07 Å². The molecule has 0 aromatic carbocycles. The summed E-state index contributed by atoms with van der Waals surface area (Å²) in [4.78, 5) is 10.7. The highest BCUT2D eigenvalue weighted by molar-refractivity contribution is 5.76. The molecule has 0 radical (unpaired) electrons. The largest absolute Gasteiger partial charge is 0.338 e. The van der Waals surface area contributed by atoms with Gasteiger partial charge in [-0.15, -0.1) is 0 Å². The van der Waals surface area contributed by atoms with Crippen molar-refractivity contribution in [2.75, 3.05) is 0 Å². The first-order valence-electron chi connectivity index (χ1n) is 3.24. The van der Waals surface area contributed by atoms with Gasteiger partial charge in [-0.05, 0) is 13.8 Å². The predicted octanol–water partition coefficient (Wildman–Crippen LogP) is 1.06. The van der Waals surface area contributed by atoms with E-state index in [9.17, 15) is 4.79 Å². The van der Waals surface area contributed by atoms with Crippen molar-refractivity contribution in [1.82, 2.24) is 5.32 Å². The average molecular weight is 142 g/mol. The summed E-state index contributed by atoms with van der Waals surface area (Å²) in [6.07, 6.45) is 0.422. The SMILES string of the molecule is CCC(=O)NC(C)(C)C#N.[HH]. The van der Waals surface area contributed by atoms with Crippen LogP contribution >= 0.6 is 0 Å². The Labute approximate surface area is 62.5 Å². The van der Waals surface area contributed by atoms with Gasteiger partial charge in [0.05, 0.1) is 6.07 Å². The number of nitrogens with one attached hydrogen (secondary N) is 1. The van der Waals surface area contributed by atoms with E-state index in [0.717, 1.165) is 0 Å². The van der Waals surface area contributed by atoms with E-state index in [2.05, 4.69) is 5.32 Å². The topological polar surface area (TPSA) is 52.9 Å². The van der Waals surface area contributed by atoms with E-state index in [1.165, 1.54) is 0 Å². The Balaban J connectivity index is 0. The summed E-state index contributed by atoms with van der Waals surface area (Å²) in [6.45, 7) is 5.09. The van der Waals surface area contributed by atoms with Crippen LogP contribution in [0.25, 0.3) is 0 Å². The highest BCUT2D eigenvalue weighted by atomic mass is 16.1. The fourth-order valence-corrected chi connectivity index (χ4v) is 0.465. The third-order valence-corrected chi connectivity index (χ3v) is 1.05. The minimum absolute atomic E-state index is 0. The monoisotopic (exact) mass is 142 g/mol. The van der Waals surface area contributed by atoms with Crippen molar-refractivity contribution in [3.63, 3.8) is 0 Å². The van der Waals surface area contributed by atoms with Crippen LogP contribution in [0.4, 0.5) is 0 Å². The third kappa shape index (κ3) is 3.08. The van der Waals surface area contributed by atoms with Crippen LogP contribution in [0.2, 0.25) is 0 Å². The number of carbonyl (C=O) groups is 1. The molecular formula is C7H14N2O. The van der Waals surface area contributed by atoms with Crippen LogP contribution in [0.1, 0.15) is 28.6 Å². The Hall–Kier alpha value is -1.04. The number of amides is 1. The fraction of sp³-hybridized carbons (Fsp3) is 0.714. The van der Waals surface area contributed by atoms with Crippen LogP contribution in [0.3, 0.4) is 0 Å². The molecule has 0 atom stereocenters. The minimum atomic E-state index is -0.729. The van der Waals surface area contributed by atoms with E-state index in [1.807, 2.05) is 6.07 Å². The van der Waals surface area contributed by atoms with E-state index < -0.39 is 5.54 Å². The summed E-state index contributed by atoms with van der Waals surface area (Å²) in [6, 6.07) is 1.97. The molecule has 3 nitrogen and oxygen atoms in total. The molecule has 10 heavy (non-hydrogen) atoms. The molecule has 0 fully saturated rings. The molecule has 0 aliphatic heterocycles. The Morgan fingerprint density at radius 2 is 2.30 bits per heavy atom. The second-order valence-corrected chi connectivity index (χ2v) is 2.64. The van der Waals surface area contributed by atoms with Gasteiger partial charge in [-0.3, -0.25) is 4.79 Å². The zero-order valence-corrected chi connectivity index (χ0v) is 6.56. The summed E-state index contributed by atoms with van der Waals surface area (Å²) in [5.74, 6) is -0.0912. The van der Waals surface area contributed by atoms with Gasteiger partial charge in [-0.1, -0.05) is 6.92 Å². The smallest absolute Gasteiger partial charge is 0.220 e. The molecule has 0 rings (SSSR count). The number of hydrogen-bond donors (Lipinski definition) is 1. The maximum Gasteiger partial charge on any atom is 0.220 e. The van der Waals surface area contributed by atoms with Crippen molar-refractivity contribution in [3.05, 3.63) is 0 Å². The van der Waals surface area contributed by atoms with E-state index in [-0.39, 0.29) is 7.33 Å². The van der Waals surface area contributed by atoms with Gasteiger partial charge in [-0.25, -0.2) is 0 Å². The maximum absolute atomic E-state index is 10.7. The molecule has 58 valence electrons. The van der Waals surface area contributed by atoms with Crippen LogP contribution in [0.5, 0.6) is 0 Å². The van der Waals surface area contributed by atoms with Crippen LogP contribution in [-0.2, 0) is 4.79 Å². The molecule has 3 heteroatoms. The predicted molar refractivity (Wildman–Crippen MR) is 40.2 cm³/mol. The number of nitrogens with zero attached hydrogens (tertiary/aromatic N) is 1. The Morgan fingerprint density at radius 1 is 1.80 bits per heavy atom. The lowest BCUT2D eigenvalue weighted by molar-refractivity contribution is -0.121. The highest BCUT2D eigenvalue weighted by Crippen LogP contribution is 1.98. The number of nitriles is 1. The van der Waals surface area contributed by atoms with E-state index in [4.69, 9.17) is 5.26 Å². The van der Waals surface area contributed by atoms with Crippen LogP contribution in [0, 0.1) is 11.3 Å². The first kappa shape index (κ1) is 8.96. The molecule has 1 amide bonds. The van der Waals surface area contributed by atoms with Crippen LogP contribution in [-0.4, -0.2) is 11.4 Å². The zero-order valence-electron chi connectivity index (χ0n) is 6.56. The Bertz CT molecular complexity index is 172. The summed E-state index contributed by atoms with van der Waals surface area (Å²) in [5.41, 5.74) is -0.729. The van der Waals surface area contributed by atoms with Gasteiger partial charge < -0.3 is 5.32 Å². The first-order chi connectivity index (χ1) is 4.52. The molecule has 0 aromatic rings. The van der Waals surface area contributed by atoms with Crippen LogP contribution < -0.4 is 5.32 Å². The molecule has 0 unspecified atom stereocenters. The van der Waals surface area contributed by atoms with Crippen molar-refractivity contribution in [2.45, 2.75) is 32.7 Å². The van der Waals surface area contributed by atoms with Gasteiger partial charge in [0, 0.05) is 7.85 Å². The molecule has 0 aliphatic rings. The molecule has 1 N–H and O–H groups in total. The number of carbonyl (C=O) groups excluding carboxylic acids is 1. The molecule has 0 bridgehead atoms. The Kier molecular flexibility index (Phi) is 2.88. The van der Waals surface area contributed by atoms with Gasteiger partial charge >= 0.3 is 0 Å². The molecule has 0 heterocycles. The average Bonchev–Trinajstić information content (AvgIpc) is 1.87. The number of rotatable bonds is 2. The van der Waals surface area contributed by atoms with Crippen molar-refractivity contribution >= 4 is 5.91 Å². The van der Waals surface area contributed by atoms with E-state index in [1.54, 1.807) is 20.8 Å². The molecule has 0 saturated heterocycles. The summed E-state index contributed by atoms with van der Waals surface area (Å²) in [7, 11) is 0. The van der Waals surface area contributed by atoms with Crippen molar-refractivity contribution in [2.24, 2.45) is 0 Å². The van der Waals surface area contributed by atoms with E-state index >= 15 is 0 Å². The Morgan fingerprint density at radius 3 is 2.60 bits per heavy atom. The van der Waals surface area contributed by atoms with Crippen LogP contribution in [0.15, 0.2) is 0 Å². The molecular weight excluding hydrogens is 128 g/mol. The molecule has 0 saturated carbocycles. The molecule has 0 aromatic heterocycles. The van der Waals surface area contributed by atoms with Crippen molar-refractivity contribution < 1.29 is 6.22 Å². The second kappa shape index (κ2) is 3.21. The zero-order chi connectivity index (χ0) is 8.20.